The van der Waals surface area contributed by atoms with Gasteiger partial charge in [-0.05, 0) is 36.0 Å². The van der Waals surface area contributed by atoms with Gasteiger partial charge in [-0.3, -0.25) is 0 Å². The second kappa shape index (κ2) is 6.80. The van der Waals surface area contributed by atoms with E-state index in [1.165, 1.54) is 0 Å². The molecule has 2 N–H and O–H groups in total. The first-order valence-corrected chi connectivity index (χ1v) is 6.94. The second-order valence-electron chi connectivity index (χ2n) is 5.58. The fourth-order valence-corrected chi connectivity index (χ4v) is 2.54. The molecule has 0 saturated carbocycles. The van der Waals surface area contributed by atoms with Crippen molar-refractivity contribution in [3.8, 4) is 11.5 Å². The Bertz CT molecular complexity index is 497. The van der Waals surface area contributed by atoms with E-state index in [1.807, 2.05) is 6.07 Å². The van der Waals surface area contributed by atoms with Crippen molar-refractivity contribution >= 4 is 5.97 Å². The van der Waals surface area contributed by atoms with Gasteiger partial charge in [0, 0.05) is 0 Å². The minimum absolute atomic E-state index is 0.384. The highest BCUT2D eigenvalue weighted by Crippen LogP contribution is 2.32. The first kappa shape index (κ1) is 17.3. The van der Waals surface area contributed by atoms with E-state index >= 15 is 0 Å². The predicted octanol–water partition coefficient (Wildman–Crippen LogP) is 2.35. The molecule has 0 bridgehead atoms. The van der Waals surface area contributed by atoms with E-state index in [9.17, 15) is 15.0 Å². The Balaban J connectivity index is 3.02. The molecule has 0 aliphatic heterocycles. The molecule has 2 unspecified atom stereocenters. The van der Waals surface area contributed by atoms with Crippen LogP contribution in [0.4, 0.5) is 0 Å². The molecule has 0 aliphatic carbocycles. The van der Waals surface area contributed by atoms with Crippen LogP contribution in [0.25, 0.3) is 0 Å². The van der Waals surface area contributed by atoms with Gasteiger partial charge in [0.05, 0.1) is 14.2 Å². The summed E-state index contributed by atoms with van der Waals surface area (Å²) in [6, 6.07) is 5.43. The van der Waals surface area contributed by atoms with Gasteiger partial charge in [-0.1, -0.05) is 26.8 Å². The van der Waals surface area contributed by atoms with E-state index in [-0.39, 0.29) is 5.92 Å². The molecule has 0 saturated heterocycles. The zero-order valence-electron chi connectivity index (χ0n) is 13.2. The molecule has 0 aliphatic rings. The minimum atomic E-state index is -1.76. The van der Waals surface area contributed by atoms with Crippen LogP contribution in [0.1, 0.15) is 26.3 Å². The topological polar surface area (TPSA) is 76.0 Å². The number of benzene rings is 1. The third-order valence-corrected chi connectivity index (χ3v) is 3.96. The van der Waals surface area contributed by atoms with Gasteiger partial charge < -0.3 is 19.7 Å². The lowest BCUT2D eigenvalue weighted by Crippen LogP contribution is -2.50. The highest BCUT2D eigenvalue weighted by molar-refractivity contribution is 5.78. The summed E-state index contributed by atoms with van der Waals surface area (Å²) < 4.78 is 10.4. The van der Waals surface area contributed by atoms with E-state index in [4.69, 9.17) is 9.47 Å². The molecule has 1 aromatic carbocycles. The van der Waals surface area contributed by atoms with Crippen LogP contribution in [0.3, 0.4) is 0 Å². The van der Waals surface area contributed by atoms with Crippen molar-refractivity contribution in [2.75, 3.05) is 14.2 Å². The Morgan fingerprint density at radius 3 is 2.19 bits per heavy atom. The van der Waals surface area contributed by atoms with Crippen LogP contribution >= 0.6 is 0 Å². The van der Waals surface area contributed by atoms with Crippen molar-refractivity contribution in [3.05, 3.63) is 23.8 Å². The average Bonchev–Trinajstić information content (AvgIpc) is 2.45. The van der Waals surface area contributed by atoms with Gasteiger partial charge in [-0.25, -0.2) is 4.79 Å². The molecule has 1 aromatic rings. The Kier molecular flexibility index (Phi) is 5.61. The first-order chi connectivity index (χ1) is 9.77. The molecule has 0 aromatic heterocycles. The maximum absolute atomic E-state index is 11.4. The van der Waals surface area contributed by atoms with Gasteiger partial charge in [0.1, 0.15) is 0 Å². The van der Waals surface area contributed by atoms with Crippen LogP contribution in [0.5, 0.6) is 11.5 Å². The number of aliphatic carboxylic acids is 1. The fraction of sp³-hybridized carbons (Fsp3) is 0.562. The number of methoxy groups -OCH3 is 2. The lowest BCUT2D eigenvalue weighted by molar-refractivity contribution is -0.170. The summed E-state index contributed by atoms with van der Waals surface area (Å²) in [5.41, 5.74) is -0.867. The van der Waals surface area contributed by atoms with Crippen LogP contribution < -0.4 is 9.47 Å². The van der Waals surface area contributed by atoms with Crippen LogP contribution in [-0.2, 0) is 11.2 Å². The van der Waals surface area contributed by atoms with Gasteiger partial charge in [0.2, 0.25) is 0 Å². The Labute approximate surface area is 125 Å². The fourth-order valence-electron chi connectivity index (χ4n) is 2.54. The maximum Gasteiger partial charge on any atom is 0.336 e. The predicted molar refractivity (Wildman–Crippen MR) is 79.8 cm³/mol. The van der Waals surface area contributed by atoms with Crippen molar-refractivity contribution in [3.63, 3.8) is 0 Å². The Morgan fingerprint density at radius 1 is 1.19 bits per heavy atom. The number of carboxylic acid groups (broad SMARTS) is 1. The largest absolute Gasteiger partial charge is 0.493 e. The summed E-state index contributed by atoms with van der Waals surface area (Å²) >= 11 is 0. The molecule has 5 heteroatoms. The highest BCUT2D eigenvalue weighted by Gasteiger charge is 2.44. The zero-order chi connectivity index (χ0) is 16.2. The highest BCUT2D eigenvalue weighted by atomic mass is 16.5. The summed E-state index contributed by atoms with van der Waals surface area (Å²) in [7, 11) is 3.11. The van der Waals surface area contributed by atoms with Crippen molar-refractivity contribution in [1.82, 2.24) is 0 Å². The summed E-state index contributed by atoms with van der Waals surface area (Å²) in [6.07, 6.45) is 0.432. The number of ether oxygens (including phenoxy) is 2. The summed E-state index contributed by atoms with van der Waals surface area (Å²) in [5, 5.41) is 19.8. The number of carbonyl (C=O) groups is 1. The number of hydrogen-bond donors (Lipinski definition) is 2. The zero-order valence-corrected chi connectivity index (χ0v) is 13.2. The molecule has 21 heavy (non-hydrogen) atoms. The van der Waals surface area contributed by atoms with Crippen molar-refractivity contribution in [2.45, 2.75) is 32.8 Å². The van der Waals surface area contributed by atoms with Crippen molar-refractivity contribution in [2.24, 2.45) is 11.8 Å². The standard InChI is InChI=1S/C16H24O5/c1-10(2)16(19,15(17)18)11(3)8-12-6-7-13(20-4)14(9-12)21-5/h6-7,9-11,19H,8H2,1-5H3,(H,17,18). The van der Waals surface area contributed by atoms with E-state index < -0.39 is 17.5 Å². The van der Waals surface area contributed by atoms with Crippen LogP contribution in [0.15, 0.2) is 18.2 Å². The smallest absolute Gasteiger partial charge is 0.336 e. The molecule has 0 amide bonds. The SMILES string of the molecule is COc1ccc(CC(C)C(O)(C(=O)O)C(C)C)cc1OC. The molecule has 0 fully saturated rings. The number of carboxylic acids is 1. The normalized spacial score (nSPS) is 15.4. The minimum Gasteiger partial charge on any atom is -0.493 e. The summed E-state index contributed by atoms with van der Waals surface area (Å²) in [5.74, 6) is -0.805. The molecule has 1 rings (SSSR count). The van der Waals surface area contributed by atoms with Crippen molar-refractivity contribution < 1.29 is 24.5 Å². The molecule has 0 spiro atoms. The lowest BCUT2D eigenvalue weighted by Gasteiger charge is -2.33. The molecule has 118 valence electrons. The van der Waals surface area contributed by atoms with E-state index in [0.29, 0.717) is 17.9 Å². The molecule has 0 heterocycles. The number of hydrogen-bond acceptors (Lipinski definition) is 4. The quantitative estimate of drug-likeness (QED) is 0.808. The van der Waals surface area contributed by atoms with Gasteiger partial charge >= 0.3 is 5.97 Å². The van der Waals surface area contributed by atoms with Crippen LogP contribution in [0.2, 0.25) is 0 Å². The Morgan fingerprint density at radius 2 is 1.76 bits per heavy atom. The van der Waals surface area contributed by atoms with E-state index in [1.54, 1.807) is 47.1 Å². The Hall–Kier alpha value is -1.75. The van der Waals surface area contributed by atoms with Crippen LogP contribution in [-0.4, -0.2) is 36.0 Å². The van der Waals surface area contributed by atoms with Crippen LogP contribution in [0, 0.1) is 11.8 Å². The summed E-state index contributed by atoms with van der Waals surface area (Å²) in [6.45, 7) is 5.16. The molecular weight excluding hydrogens is 272 g/mol. The second-order valence-corrected chi connectivity index (χ2v) is 5.58. The van der Waals surface area contributed by atoms with Crippen molar-refractivity contribution in [1.29, 1.82) is 0 Å². The monoisotopic (exact) mass is 296 g/mol. The first-order valence-electron chi connectivity index (χ1n) is 6.94. The van der Waals surface area contributed by atoms with E-state index in [0.717, 1.165) is 5.56 Å². The molecule has 2 atom stereocenters. The summed E-state index contributed by atoms with van der Waals surface area (Å²) in [4.78, 5) is 11.4. The number of aliphatic hydroxyl groups is 1. The van der Waals surface area contributed by atoms with Gasteiger partial charge in [-0.15, -0.1) is 0 Å². The third kappa shape index (κ3) is 3.47. The van der Waals surface area contributed by atoms with Gasteiger partial charge in [0.25, 0.3) is 0 Å². The molecular formula is C16H24O5. The lowest BCUT2D eigenvalue weighted by atomic mass is 9.76. The maximum atomic E-state index is 11.4. The molecule has 0 radical (unpaired) electrons. The number of rotatable bonds is 7. The van der Waals surface area contributed by atoms with Gasteiger partial charge in [-0.2, -0.15) is 0 Å². The van der Waals surface area contributed by atoms with E-state index in [2.05, 4.69) is 0 Å². The molecule has 5 nitrogen and oxygen atoms in total. The van der Waals surface area contributed by atoms with Gasteiger partial charge in [0.15, 0.2) is 17.1 Å². The third-order valence-electron chi connectivity index (χ3n) is 3.96. The average molecular weight is 296 g/mol.